The normalized spacial score (nSPS) is 14.4. The summed E-state index contributed by atoms with van der Waals surface area (Å²) in [4.78, 5) is 13.9. The number of rotatable bonds is 1. The van der Waals surface area contributed by atoms with Crippen LogP contribution in [0.2, 0.25) is 15.1 Å². The van der Waals surface area contributed by atoms with Crippen LogP contribution in [0.1, 0.15) is 11.1 Å². The summed E-state index contributed by atoms with van der Waals surface area (Å²) >= 11 is 18.3. The van der Waals surface area contributed by atoms with Crippen molar-refractivity contribution in [3.63, 3.8) is 0 Å². The number of amides is 1. The van der Waals surface area contributed by atoms with Crippen molar-refractivity contribution in [1.29, 1.82) is 10.5 Å². The number of halogens is 3. The third-order valence-electron chi connectivity index (χ3n) is 3.39. The smallest absolute Gasteiger partial charge is 0.407 e. The molecule has 1 saturated heterocycles. The Morgan fingerprint density at radius 2 is 1.50 bits per heavy atom. The van der Waals surface area contributed by atoms with Crippen LogP contribution in [0.3, 0.4) is 0 Å². The van der Waals surface area contributed by atoms with Gasteiger partial charge in [0.05, 0.1) is 31.9 Å². The molecule has 1 N–H and O–H groups in total. The second-order valence-electron chi connectivity index (χ2n) is 4.52. The summed E-state index contributed by atoms with van der Waals surface area (Å²) in [6, 6.07) is 3.77. The van der Waals surface area contributed by atoms with Crippen molar-refractivity contribution in [2.75, 3.05) is 31.1 Å². The molecule has 22 heavy (non-hydrogen) atoms. The Hall–Kier alpha value is -1.86. The summed E-state index contributed by atoms with van der Waals surface area (Å²) < 4.78 is 0. The van der Waals surface area contributed by atoms with Gasteiger partial charge in [0.25, 0.3) is 0 Å². The van der Waals surface area contributed by atoms with Crippen molar-refractivity contribution in [2.45, 2.75) is 0 Å². The molecular weight excluding hydrogens is 351 g/mol. The quantitative estimate of drug-likeness (QED) is 0.777. The lowest BCUT2D eigenvalue weighted by Crippen LogP contribution is -2.48. The third-order valence-corrected chi connectivity index (χ3v) is 4.61. The molecule has 0 spiro atoms. The molecule has 1 aromatic rings. The lowest BCUT2D eigenvalue weighted by Gasteiger charge is -2.35. The molecule has 1 aliphatic rings. The Morgan fingerprint density at radius 1 is 0.955 bits per heavy atom. The number of hydrogen-bond acceptors (Lipinski definition) is 4. The molecule has 9 heteroatoms. The van der Waals surface area contributed by atoms with E-state index in [9.17, 15) is 10.1 Å². The first kappa shape index (κ1) is 16.5. The zero-order valence-corrected chi connectivity index (χ0v) is 13.4. The molecule has 0 aromatic heterocycles. The third kappa shape index (κ3) is 2.74. The molecule has 1 amide bonds. The maximum absolute atomic E-state index is 10.9. The molecule has 1 aliphatic heterocycles. The first-order valence-electron chi connectivity index (χ1n) is 6.15. The van der Waals surface area contributed by atoms with Crippen LogP contribution in [-0.2, 0) is 0 Å². The molecular formula is C13H9Cl3N4O2. The van der Waals surface area contributed by atoms with E-state index in [0.717, 1.165) is 0 Å². The topological polar surface area (TPSA) is 91.4 Å². The predicted molar refractivity (Wildman–Crippen MR) is 82.7 cm³/mol. The van der Waals surface area contributed by atoms with E-state index in [1.807, 2.05) is 12.1 Å². The van der Waals surface area contributed by atoms with Gasteiger partial charge in [0.1, 0.15) is 12.1 Å². The fraction of sp³-hybridized carbons (Fsp3) is 0.308. The molecule has 1 fully saturated rings. The molecule has 2 rings (SSSR count). The van der Waals surface area contributed by atoms with E-state index in [-0.39, 0.29) is 39.3 Å². The number of piperazine rings is 1. The number of benzene rings is 1. The second-order valence-corrected chi connectivity index (χ2v) is 5.65. The molecule has 1 heterocycles. The van der Waals surface area contributed by atoms with E-state index in [0.29, 0.717) is 18.8 Å². The Labute approximate surface area is 141 Å². The molecule has 114 valence electrons. The van der Waals surface area contributed by atoms with Gasteiger partial charge in [-0.1, -0.05) is 34.8 Å². The minimum absolute atomic E-state index is 0.0103. The summed E-state index contributed by atoms with van der Waals surface area (Å²) in [5, 5.41) is 27.4. The van der Waals surface area contributed by atoms with Gasteiger partial charge in [-0.25, -0.2) is 4.79 Å². The zero-order valence-electron chi connectivity index (χ0n) is 11.1. The lowest BCUT2D eigenvalue weighted by molar-refractivity contribution is 0.142. The summed E-state index contributed by atoms with van der Waals surface area (Å²) in [6.07, 6.45) is -0.998. The number of anilines is 1. The van der Waals surface area contributed by atoms with Gasteiger partial charge < -0.3 is 14.9 Å². The van der Waals surface area contributed by atoms with E-state index in [1.54, 1.807) is 4.90 Å². The second kappa shape index (κ2) is 6.50. The van der Waals surface area contributed by atoms with E-state index in [1.165, 1.54) is 4.90 Å². The van der Waals surface area contributed by atoms with Gasteiger partial charge in [0.2, 0.25) is 0 Å². The van der Waals surface area contributed by atoms with Crippen molar-refractivity contribution in [2.24, 2.45) is 0 Å². The Kier molecular flexibility index (Phi) is 4.87. The molecule has 6 nitrogen and oxygen atoms in total. The maximum atomic E-state index is 10.9. The molecule has 1 aromatic carbocycles. The van der Waals surface area contributed by atoms with Crippen LogP contribution >= 0.6 is 34.8 Å². The van der Waals surface area contributed by atoms with E-state index in [4.69, 9.17) is 45.2 Å². The molecule has 0 atom stereocenters. The molecule has 0 unspecified atom stereocenters. The van der Waals surface area contributed by atoms with Gasteiger partial charge in [0.15, 0.2) is 0 Å². The number of carbonyl (C=O) groups is 1. The van der Waals surface area contributed by atoms with Crippen LogP contribution in [0.25, 0.3) is 0 Å². The summed E-state index contributed by atoms with van der Waals surface area (Å²) in [5.41, 5.74) is 0.359. The lowest BCUT2D eigenvalue weighted by atomic mass is 10.1. The van der Waals surface area contributed by atoms with E-state index in [2.05, 4.69) is 0 Å². The van der Waals surface area contributed by atoms with Gasteiger partial charge in [-0.2, -0.15) is 10.5 Å². The Bertz CT molecular complexity index is 716. The molecule has 0 bridgehead atoms. The summed E-state index contributed by atoms with van der Waals surface area (Å²) in [5.74, 6) is 0. The monoisotopic (exact) mass is 358 g/mol. The van der Waals surface area contributed by atoms with Gasteiger partial charge in [-0.3, -0.25) is 0 Å². The first-order chi connectivity index (χ1) is 10.4. The van der Waals surface area contributed by atoms with Crippen molar-refractivity contribution in [1.82, 2.24) is 4.90 Å². The molecule has 0 radical (unpaired) electrons. The van der Waals surface area contributed by atoms with Crippen molar-refractivity contribution >= 4 is 46.6 Å². The van der Waals surface area contributed by atoms with Gasteiger partial charge in [0, 0.05) is 26.2 Å². The highest BCUT2D eigenvalue weighted by Gasteiger charge is 2.28. The fourth-order valence-electron chi connectivity index (χ4n) is 2.27. The highest BCUT2D eigenvalue weighted by Crippen LogP contribution is 2.43. The molecule has 0 aliphatic carbocycles. The highest BCUT2D eigenvalue weighted by molar-refractivity contribution is 6.46. The summed E-state index contributed by atoms with van der Waals surface area (Å²) in [7, 11) is 0. The first-order valence-corrected chi connectivity index (χ1v) is 7.29. The van der Waals surface area contributed by atoms with E-state index < -0.39 is 6.09 Å². The predicted octanol–water partition coefficient (Wildman–Crippen LogP) is 3.19. The van der Waals surface area contributed by atoms with Crippen LogP contribution in [0.4, 0.5) is 10.5 Å². The SMILES string of the molecule is N#Cc1c(Cl)c(Cl)c(N2CCN(C(=O)O)CC2)c(C#N)c1Cl. The van der Waals surface area contributed by atoms with Gasteiger partial charge in [-0.05, 0) is 0 Å². The number of nitrogens with zero attached hydrogens (tertiary/aromatic N) is 4. The highest BCUT2D eigenvalue weighted by atomic mass is 35.5. The van der Waals surface area contributed by atoms with Crippen LogP contribution < -0.4 is 4.90 Å². The average molecular weight is 360 g/mol. The van der Waals surface area contributed by atoms with Crippen molar-refractivity contribution in [3.8, 4) is 12.1 Å². The Balaban J connectivity index is 2.47. The zero-order chi connectivity index (χ0) is 16.4. The number of nitriles is 2. The van der Waals surface area contributed by atoms with Crippen LogP contribution in [0.5, 0.6) is 0 Å². The molecule has 0 saturated carbocycles. The largest absolute Gasteiger partial charge is 0.465 e. The summed E-state index contributed by atoms with van der Waals surface area (Å²) in [6.45, 7) is 1.23. The number of hydrogen-bond donors (Lipinski definition) is 1. The standard InChI is InChI=1S/C13H9Cl3N4O2/c14-9-7(5-17)10(15)11(16)12(8(9)6-18)19-1-3-20(4-2-19)13(21)22/h1-4H2,(H,21,22). The Morgan fingerprint density at radius 3 is 1.95 bits per heavy atom. The minimum Gasteiger partial charge on any atom is -0.465 e. The minimum atomic E-state index is -0.998. The van der Waals surface area contributed by atoms with Crippen molar-refractivity contribution in [3.05, 3.63) is 26.2 Å². The van der Waals surface area contributed by atoms with Crippen LogP contribution in [0, 0.1) is 22.7 Å². The van der Waals surface area contributed by atoms with Crippen molar-refractivity contribution < 1.29 is 9.90 Å². The van der Waals surface area contributed by atoms with E-state index >= 15 is 0 Å². The van der Waals surface area contributed by atoms with Crippen LogP contribution in [0.15, 0.2) is 0 Å². The average Bonchev–Trinajstić information content (AvgIpc) is 2.51. The number of carboxylic acid groups (broad SMARTS) is 1. The fourth-order valence-corrected chi connectivity index (χ4v) is 3.12. The van der Waals surface area contributed by atoms with Crippen LogP contribution in [-0.4, -0.2) is 42.3 Å². The van der Waals surface area contributed by atoms with Gasteiger partial charge >= 0.3 is 6.09 Å². The van der Waals surface area contributed by atoms with Gasteiger partial charge in [-0.15, -0.1) is 0 Å². The maximum Gasteiger partial charge on any atom is 0.407 e.